The Bertz CT molecular complexity index is 870. The Morgan fingerprint density at radius 3 is 2.21 bits per heavy atom. The average molecular weight is 344 g/mol. The van der Waals surface area contributed by atoms with Crippen LogP contribution in [-0.2, 0) is 14.8 Å². The summed E-state index contributed by atoms with van der Waals surface area (Å²) in [5.41, 5.74) is 2.85. The van der Waals surface area contributed by atoms with Crippen molar-refractivity contribution >= 4 is 27.3 Å². The fraction of sp³-hybridized carbons (Fsp3) is 0.278. The minimum Gasteiger partial charge on any atom is -0.326 e. The molecule has 1 saturated carbocycles. The number of anilines is 2. The van der Waals surface area contributed by atoms with Crippen LogP contribution >= 0.6 is 0 Å². The molecule has 0 heterocycles. The molecular formula is C18H20N2O3S. The number of benzene rings is 2. The van der Waals surface area contributed by atoms with Crippen molar-refractivity contribution in [3.8, 4) is 0 Å². The van der Waals surface area contributed by atoms with Crippen LogP contribution in [0, 0.1) is 19.8 Å². The van der Waals surface area contributed by atoms with E-state index in [1.54, 1.807) is 43.3 Å². The molecule has 126 valence electrons. The van der Waals surface area contributed by atoms with Gasteiger partial charge < -0.3 is 5.32 Å². The van der Waals surface area contributed by atoms with Crippen molar-refractivity contribution in [1.82, 2.24) is 0 Å². The lowest BCUT2D eigenvalue weighted by atomic mass is 10.2. The van der Waals surface area contributed by atoms with Crippen molar-refractivity contribution in [2.45, 2.75) is 31.6 Å². The lowest BCUT2D eigenvalue weighted by Gasteiger charge is -2.11. The minimum absolute atomic E-state index is 0.0265. The van der Waals surface area contributed by atoms with Crippen molar-refractivity contribution in [3.05, 3.63) is 53.6 Å². The summed E-state index contributed by atoms with van der Waals surface area (Å²) >= 11 is 0. The molecule has 1 aliphatic carbocycles. The van der Waals surface area contributed by atoms with E-state index in [4.69, 9.17) is 0 Å². The Hall–Kier alpha value is -2.34. The molecule has 0 bridgehead atoms. The molecule has 2 N–H and O–H groups in total. The van der Waals surface area contributed by atoms with Gasteiger partial charge in [0.25, 0.3) is 10.0 Å². The van der Waals surface area contributed by atoms with E-state index < -0.39 is 10.0 Å². The zero-order valence-electron chi connectivity index (χ0n) is 13.7. The Morgan fingerprint density at radius 2 is 1.62 bits per heavy atom. The maximum atomic E-state index is 12.5. The summed E-state index contributed by atoms with van der Waals surface area (Å²) in [4.78, 5) is 12.0. The van der Waals surface area contributed by atoms with Gasteiger partial charge >= 0.3 is 0 Å². The lowest BCUT2D eigenvalue weighted by molar-refractivity contribution is -0.117. The van der Waals surface area contributed by atoms with Crippen molar-refractivity contribution in [3.63, 3.8) is 0 Å². The predicted octanol–water partition coefficient (Wildman–Crippen LogP) is 3.45. The molecule has 0 unspecified atom stereocenters. The number of sulfonamides is 1. The molecule has 0 radical (unpaired) electrons. The van der Waals surface area contributed by atoms with E-state index in [1.165, 1.54) is 0 Å². The molecule has 1 fully saturated rings. The minimum atomic E-state index is -3.64. The molecule has 0 atom stereocenters. The first-order valence-corrected chi connectivity index (χ1v) is 9.34. The first-order chi connectivity index (χ1) is 11.3. The number of carbonyl (C=O) groups excluding carboxylic acids is 1. The van der Waals surface area contributed by atoms with E-state index in [-0.39, 0.29) is 16.7 Å². The van der Waals surface area contributed by atoms with E-state index in [9.17, 15) is 13.2 Å². The Labute approximate surface area is 142 Å². The third-order valence-electron chi connectivity index (χ3n) is 3.97. The maximum Gasteiger partial charge on any atom is 0.262 e. The van der Waals surface area contributed by atoms with Gasteiger partial charge in [0.05, 0.1) is 4.90 Å². The monoisotopic (exact) mass is 344 g/mol. The summed E-state index contributed by atoms with van der Waals surface area (Å²) in [6.07, 6.45) is 1.89. The van der Waals surface area contributed by atoms with Gasteiger partial charge in [-0.05, 0) is 62.6 Å². The number of hydrogen-bond donors (Lipinski definition) is 2. The topological polar surface area (TPSA) is 75.3 Å². The number of nitrogens with one attached hydrogen (secondary N) is 2. The van der Waals surface area contributed by atoms with Gasteiger partial charge in [0, 0.05) is 17.3 Å². The molecule has 1 aliphatic rings. The van der Waals surface area contributed by atoms with Crippen LogP contribution in [0.15, 0.2) is 47.4 Å². The average Bonchev–Trinajstić information content (AvgIpc) is 3.33. The molecule has 24 heavy (non-hydrogen) atoms. The standard InChI is InChI=1S/C18H20N2O3S/c1-12-3-10-17(13(2)11-12)24(22,23)20-16-8-6-15(7-9-16)19-18(21)14-4-5-14/h3,6-11,14,20H,4-5H2,1-2H3,(H,19,21). The Morgan fingerprint density at radius 1 is 1.00 bits per heavy atom. The van der Waals surface area contributed by atoms with Gasteiger partial charge in [-0.25, -0.2) is 8.42 Å². The SMILES string of the molecule is Cc1ccc(S(=O)(=O)Nc2ccc(NC(=O)C3CC3)cc2)c(C)c1. The molecule has 2 aromatic carbocycles. The molecule has 2 aromatic rings. The van der Waals surface area contributed by atoms with E-state index in [0.29, 0.717) is 16.9 Å². The summed E-state index contributed by atoms with van der Waals surface area (Å²) < 4.78 is 27.6. The summed E-state index contributed by atoms with van der Waals surface area (Å²) in [6.45, 7) is 3.70. The number of carbonyl (C=O) groups is 1. The second-order valence-corrected chi connectivity index (χ2v) is 7.87. The molecule has 1 amide bonds. The van der Waals surface area contributed by atoms with Crippen LogP contribution in [0.25, 0.3) is 0 Å². The fourth-order valence-corrected chi connectivity index (χ4v) is 3.81. The number of aryl methyl sites for hydroxylation is 2. The van der Waals surface area contributed by atoms with Gasteiger partial charge in [-0.3, -0.25) is 9.52 Å². The van der Waals surface area contributed by atoms with Gasteiger partial charge in [-0.1, -0.05) is 17.7 Å². The fourth-order valence-electron chi connectivity index (χ4n) is 2.52. The van der Waals surface area contributed by atoms with Gasteiger partial charge in [0.2, 0.25) is 5.91 Å². The highest BCUT2D eigenvalue weighted by Crippen LogP contribution is 2.30. The van der Waals surface area contributed by atoms with Gasteiger partial charge in [-0.2, -0.15) is 0 Å². The number of hydrogen-bond acceptors (Lipinski definition) is 3. The third kappa shape index (κ3) is 3.76. The molecule has 5 nitrogen and oxygen atoms in total. The van der Waals surface area contributed by atoms with E-state index in [1.807, 2.05) is 13.0 Å². The van der Waals surface area contributed by atoms with Gasteiger partial charge in [0.1, 0.15) is 0 Å². The van der Waals surface area contributed by atoms with Crippen LogP contribution in [0.1, 0.15) is 24.0 Å². The predicted molar refractivity (Wildman–Crippen MR) is 94.5 cm³/mol. The van der Waals surface area contributed by atoms with Gasteiger partial charge in [0.15, 0.2) is 0 Å². The number of amides is 1. The van der Waals surface area contributed by atoms with Crippen LogP contribution in [0.5, 0.6) is 0 Å². The zero-order valence-corrected chi connectivity index (χ0v) is 14.5. The van der Waals surface area contributed by atoms with Crippen LogP contribution in [0.3, 0.4) is 0 Å². The zero-order chi connectivity index (χ0) is 17.3. The number of rotatable bonds is 5. The highest BCUT2D eigenvalue weighted by molar-refractivity contribution is 7.92. The summed E-state index contributed by atoms with van der Waals surface area (Å²) in [5, 5.41) is 2.82. The molecule has 3 rings (SSSR count). The Balaban J connectivity index is 1.73. The van der Waals surface area contributed by atoms with Crippen molar-refractivity contribution in [1.29, 1.82) is 0 Å². The summed E-state index contributed by atoms with van der Waals surface area (Å²) in [5.74, 6) is 0.159. The van der Waals surface area contributed by atoms with Crippen molar-refractivity contribution < 1.29 is 13.2 Å². The quantitative estimate of drug-likeness (QED) is 0.872. The smallest absolute Gasteiger partial charge is 0.262 e. The normalized spacial score (nSPS) is 14.2. The van der Waals surface area contributed by atoms with Crippen molar-refractivity contribution in [2.75, 3.05) is 10.0 Å². The molecule has 0 spiro atoms. The van der Waals surface area contributed by atoms with Crippen LogP contribution in [0.2, 0.25) is 0 Å². The first-order valence-electron chi connectivity index (χ1n) is 7.86. The summed E-state index contributed by atoms with van der Waals surface area (Å²) in [7, 11) is -3.64. The van der Waals surface area contributed by atoms with E-state index >= 15 is 0 Å². The largest absolute Gasteiger partial charge is 0.326 e. The molecule has 6 heteroatoms. The lowest BCUT2D eigenvalue weighted by Crippen LogP contribution is -2.15. The second-order valence-electron chi connectivity index (χ2n) is 6.22. The maximum absolute atomic E-state index is 12.5. The Kier molecular flexibility index (Phi) is 4.32. The molecule has 0 aliphatic heterocycles. The van der Waals surface area contributed by atoms with E-state index in [0.717, 1.165) is 18.4 Å². The molecule has 0 aromatic heterocycles. The van der Waals surface area contributed by atoms with Crippen LogP contribution in [-0.4, -0.2) is 14.3 Å². The van der Waals surface area contributed by atoms with Crippen LogP contribution in [0.4, 0.5) is 11.4 Å². The van der Waals surface area contributed by atoms with E-state index in [2.05, 4.69) is 10.0 Å². The first kappa shape index (κ1) is 16.5. The highest BCUT2D eigenvalue weighted by atomic mass is 32.2. The highest BCUT2D eigenvalue weighted by Gasteiger charge is 2.29. The molecular weight excluding hydrogens is 324 g/mol. The van der Waals surface area contributed by atoms with Crippen molar-refractivity contribution in [2.24, 2.45) is 5.92 Å². The second kappa shape index (κ2) is 6.28. The summed E-state index contributed by atoms with van der Waals surface area (Å²) in [6, 6.07) is 11.9. The van der Waals surface area contributed by atoms with Gasteiger partial charge in [-0.15, -0.1) is 0 Å². The third-order valence-corrected chi connectivity index (χ3v) is 5.51. The molecule has 0 saturated heterocycles. The van der Waals surface area contributed by atoms with Crippen LogP contribution < -0.4 is 10.0 Å².